The van der Waals surface area contributed by atoms with E-state index >= 15 is 0 Å². The lowest BCUT2D eigenvalue weighted by Crippen LogP contribution is -2.41. The number of carbonyl (C=O) groups is 2. The molecule has 1 saturated heterocycles. The molecule has 2 amide bonds. The maximum absolute atomic E-state index is 12.8. The Labute approximate surface area is 186 Å². The van der Waals surface area contributed by atoms with E-state index in [9.17, 15) is 18.0 Å². The normalized spacial score (nSPS) is 15.1. The van der Waals surface area contributed by atoms with Gasteiger partial charge >= 0.3 is 0 Å². The number of piperidine rings is 1. The van der Waals surface area contributed by atoms with E-state index in [1.54, 1.807) is 23.1 Å². The third kappa shape index (κ3) is 5.00. The fraction of sp³-hybridized carbons (Fsp3) is 0.304. The van der Waals surface area contributed by atoms with Crippen LogP contribution in [0.2, 0.25) is 0 Å². The number of benzene rings is 2. The summed E-state index contributed by atoms with van der Waals surface area (Å²) in [7, 11) is -3.65. The van der Waals surface area contributed by atoms with Gasteiger partial charge in [-0.05, 0) is 55.2 Å². The monoisotopic (exact) mass is 455 g/mol. The van der Waals surface area contributed by atoms with Crippen molar-refractivity contribution in [3.63, 3.8) is 0 Å². The summed E-state index contributed by atoms with van der Waals surface area (Å²) in [6.45, 7) is 2.80. The van der Waals surface area contributed by atoms with Crippen molar-refractivity contribution in [2.45, 2.75) is 24.7 Å². The van der Waals surface area contributed by atoms with Crippen molar-refractivity contribution >= 4 is 38.5 Å². The van der Waals surface area contributed by atoms with Crippen LogP contribution in [0.3, 0.4) is 0 Å². The predicted molar refractivity (Wildman–Crippen MR) is 121 cm³/mol. The number of hydrogen-bond acceptors (Lipinski definition) is 5. The first kappa shape index (κ1) is 22.0. The molecule has 2 aromatic carbocycles. The lowest BCUT2D eigenvalue weighted by molar-refractivity contribution is -0.114. The molecule has 2 heterocycles. The number of sulfonamides is 1. The number of nitrogens with one attached hydrogen (secondary N) is 2. The van der Waals surface area contributed by atoms with E-state index in [-0.39, 0.29) is 22.6 Å². The second kappa shape index (κ2) is 9.13. The molecule has 1 fully saturated rings. The van der Waals surface area contributed by atoms with Gasteiger partial charge in [0.2, 0.25) is 15.9 Å². The van der Waals surface area contributed by atoms with E-state index in [4.69, 9.17) is 4.42 Å². The summed E-state index contributed by atoms with van der Waals surface area (Å²) in [6.07, 6.45) is 1.41. The van der Waals surface area contributed by atoms with Crippen molar-refractivity contribution < 1.29 is 22.4 Å². The summed E-state index contributed by atoms with van der Waals surface area (Å²) in [5.41, 5.74) is 1.23. The smallest absolute Gasteiger partial charge is 0.289 e. The third-order valence-corrected chi connectivity index (χ3v) is 7.02. The molecule has 8 nitrogen and oxygen atoms in total. The fourth-order valence-electron chi connectivity index (χ4n) is 3.81. The largest absolute Gasteiger partial charge is 0.451 e. The van der Waals surface area contributed by atoms with Gasteiger partial charge in [0, 0.05) is 37.6 Å². The minimum atomic E-state index is -3.65. The van der Waals surface area contributed by atoms with Gasteiger partial charge < -0.3 is 14.6 Å². The molecule has 1 aliphatic rings. The van der Waals surface area contributed by atoms with E-state index in [1.165, 1.54) is 19.1 Å². The quantitative estimate of drug-likeness (QED) is 0.593. The molecule has 0 radical (unpaired) electrons. The third-order valence-electron chi connectivity index (χ3n) is 5.59. The Bertz CT molecular complexity index is 1190. The highest BCUT2D eigenvalue weighted by atomic mass is 32.2. The summed E-state index contributed by atoms with van der Waals surface area (Å²) >= 11 is 0. The summed E-state index contributed by atoms with van der Waals surface area (Å²) in [6, 6.07) is 15.3. The number of para-hydroxylation sites is 1. The van der Waals surface area contributed by atoms with Crippen molar-refractivity contribution in [2.24, 2.45) is 5.92 Å². The van der Waals surface area contributed by atoms with Crippen LogP contribution in [-0.4, -0.2) is 44.8 Å². The number of hydrogen-bond donors (Lipinski definition) is 2. The number of fused-ring (bicyclic) bond motifs is 1. The molecule has 3 aromatic rings. The molecule has 0 spiro atoms. The Kier molecular flexibility index (Phi) is 6.29. The number of carbonyl (C=O) groups excluding carboxylic acids is 2. The number of rotatable bonds is 6. The molecule has 1 aromatic heterocycles. The average Bonchev–Trinajstić information content (AvgIpc) is 3.22. The highest BCUT2D eigenvalue weighted by Gasteiger charge is 2.26. The van der Waals surface area contributed by atoms with Crippen molar-refractivity contribution in [1.29, 1.82) is 0 Å². The van der Waals surface area contributed by atoms with Crippen LogP contribution in [0.15, 0.2) is 63.9 Å². The lowest BCUT2D eigenvalue weighted by Gasteiger charge is -2.31. The molecule has 32 heavy (non-hydrogen) atoms. The molecule has 9 heteroatoms. The minimum Gasteiger partial charge on any atom is -0.451 e. The molecular formula is C23H25N3O5S. The number of likely N-dealkylation sites (tertiary alicyclic amines) is 1. The number of amides is 2. The van der Waals surface area contributed by atoms with E-state index < -0.39 is 10.0 Å². The van der Waals surface area contributed by atoms with Crippen LogP contribution in [0.5, 0.6) is 0 Å². The molecule has 0 aliphatic carbocycles. The zero-order chi connectivity index (χ0) is 22.7. The Morgan fingerprint density at radius 2 is 1.75 bits per heavy atom. The highest BCUT2D eigenvalue weighted by molar-refractivity contribution is 7.89. The van der Waals surface area contributed by atoms with Gasteiger partial charge in [-0.1, -0.05) is 18.2 Å². The van der Waals surface area contributed by atoms with Gasteiger partial charge in [-0.15, -0.1) is 0 Å². The molecule has 0 bridgehead atoms. The van der Waals surface area contributed by atoms with Gasteiger partial charge in [-0.2, -0.15) is 0 Å². The molecule has 1 aliphatic heterocycles. The lowest BCUT2D eigenvalue weighted by atomic mass is 9.97. The first-order chi connectivity index (χ1) is 15.3. The predicted octanol–water partition coefficient (Wildman–Crippen LogP) is 3.22. The first-order valence-corrected chi connectivity index (χ1v) is 12.0. The van der Waals surface area contributed by atoms with Crippen LogP contribution < -0.4 is 10.0 Å². The van der Waals surface area contributed by atoms with Crippen LogP contribution in [-0.2, 0) is 14.8 Å². The summed E-state index contributed by atoms with van der Waals surface area (Å²) in [5, 5.41) is 3.50. The number of nitrogens with zero attached hydrogens (tertiary/aromatic N) is 1. The molecule has 2 N–H and O–H groups in total. The van der Waals surface area contributed by atoms with Crippen molar-refractivity contribution in [3.05, 3.63) is 60.4 Å². The molecule has 0 atom stereocenters. The van der Waals surface area contributed by atoms with Crippen LogP contribution in [0.4, 0.5) is 5.69 Å². The summed E-state index contributed by atoms with van der Waals surface area (Å²) in [5.74, 6) is 0.111. The number of anilines is 1. The second-order valence-corrected chi connectivity index (χ2v) is 9.71. The summed E-state index contributed by atoms with van der Waals surface area (Å²) < 4.78 is 33.5. The van der Waals surface area contributed by atoms with Crippen LogP contribution in [0.25, 0.3) is 11.0 Å². The van der Waals surface area contributed by atoms with Crippen LogP contribution in [0.1, 0.15) is 30.3 Å². The van der Waals surface area contributed by atoms with Crippen molar-refractivity contribution in [2.75, 3.05) is 25.0 Å². The molecular weight excluding hydrogens is 430 g/mol. The zero-order valence-corrected chi connectivity index (χ0v) is 18.5. The topological polar surface area (TPSA) is 109 Å². The van der Waals surface area contributed by atoms with E-state index in [0.29, 0.717) is 49.5 Å². The zero-order valence-electron chi connectivity index (χ0n) is 17.7. The SMILES string of the molecule is CC(=O)Nc1ccc(S(=O)(=O)NCC2CCN(C(=O)c3cc4ccccc4o3)CC2)cc1. The maximum atomic E-state index is 12.8. The van der Waals surface area contributed by atoms with E-state index in [2.05, 4.69) is 10.0 Å². The average molecular weight is 456 g/mol. The first-order valence-electron chi connectivity index (χ1n) is 10.5. The Morgan fingerprint density at radius 3 is 2.41 bits per heavy atom. The van der Waals surface area contributed by atoms with Crippen LogP contribution >= 0.6 is 0 Å². The molecule has 168 valence electrons. The summed E-state index contributed by atoms with van der Waals surface area (Å²) in [4.78, 5) is 25.8. The minimum absolute atomic E-state index is 0.139. The molecule has 0 unspecified atom stereocenters. The van der Waals surface area contributed by atoms with Gasteiger partial charge in [-0.3, -0.25) is 9.59 Å². The fourth-order valence-corrected chi connectivity index (χ4v) is 4.93. The standard InChI is InChI=1S/C23H25N3O5S/c1-16(27)25-19-6-8-20(9-7-19)32(29,30)24-15-17-10-12-26(13-11-17)23(28)22-14-18-4-2-3-5-21(18)31-22/h2-9,14,17,24H,10-13,15H2,1H3,(H,25,27). The highest BCUT2D eigenvalue weighted by Crippen LogP contribution is 2.23. The Balaban J connectivity index is 1.29. The van der Waals surface area contributed by atoms with E-state index in [1.807, 2.05) is 24.3 Å². The van der Waals surface area contributed by atoms with E-state index in [0.717, 1.165) is 5.39 Å². The molecule has 4 rings (SSSR count). The van der Waals surface area contributed by atoms with Gasteiger partial charge in [-0.25, -0.2) is 13.1 Å². The van der Waals surface area contributed by atoms with Crippen LogP contribution in [0, 0.1) is 5.92 Å². The van der Waals surface area contributed by atoms with Gasteiger partial charge in [0.25, 0.3) is 5.91 Å². The Hall–Kier alpha value is -3.17. The Morgan fingerprint density at radius 1 is 1.06 bits per heavy atom. The van der Waals surface area contributed by atoms with Gasteiger partial charge in [0.15, 0.2) is 5.76 Å². The number of furan rings is 1. The molecule has 0 saturated carbocycles. The maximum Gasteiger partial charge on any atom is 0.289 e. The van der Waals surface area contributed by atoms with Gasteiger partial charge in [0.05, 0.1) is 4.90 Å². The second-order valence-electron chi connectivity index (χ2n) is 7.94. The van der Waals surface area contributed by atoms with Crippen molar-refractivity contribution in [1.82, 2.24) is 9.62 Å². The van der Waals surface area contributed by atoms with Gasteiger partial charge in [0.1, 0.15) is 5.58 Å². The van der Waals surface area contributed by atoms with Crippen molar-refractivity contribution in [3.8, 4) is 0 Å².